The number of halogens is 2. The van der Waals surface area contributed by atoms with Gasteiger partial charge in [0.05, 0.1) is 15.9 Å². The van der Waals surface area contributed by atoms with Crippen LogP contribution < -0.4 is 0 Å². The molecule has 0 aliphatic heterocycles. The monoisotopic (exact) mass is 388 g/mol. The van der Waals surface area contributed by atoms with E-state index < -0.39 is 0 Å². The van der Waals surface area contributed by atoms with Gasteiger partial charge in [0.25, 0.3) is 0 Å². The largest absolute Gasteiger partial charge is 0.221 e. The molecular weight excluding hydrogens is 380 g/mol. The van der Waals surface area contributed by atoms with Gasteiger partial charge in [-0.05, 0) is 31.9 Å². The maximum Gasteiger partial charge on any atom is 0.197 e. The molecule has 0 saturated heterocycles. The Morgan fingerprint density at radius 3 is 1.40 bits per heavy atom. The molecule has 3 rings (SSSR count). The van der Waals surface area contributed by atoms with Crippen LogP contribution in [0, 0.1) is 0 Å². The van der Waals surface area contributed by atoms with Gasteiger partial charge < -0.3 is 0 Å². The molecule has 2 aromatic carbocycles. The maximum atomic E-state index is 4.49. The van der Waals surface area contributed by atoms with Crippen LogP contribution in [0.4, 0.5) is 0 Å². The molecule has 2 nitrogen and oxygen atoms in total. The average molecular weight is 390 g/mol. The van der Waals surface area contributed by atoms with Crippen molar-refractivity contribution >= 4 is 31.9 Å². The second-order valence-electron chi connectivity index (χ2n) is 4.24. The molecule has 98 valence electrons. The first-order valence-corrected chi connectivity index (χ1v) is 7.68. The Hall–Kier alpha value is -1.52. The van der Waals surface area contributed by atoms with Crippen LogP contribution in [0.3, 0.4) is 0 Å². The van der Waals surface area contributed by atoms with Gasteiger partial charge in [-0.3, -0.25) is 0 Å². The van der Waals surface area contributed by atoms with Crippen molar-refractivity contribution < 1.29 is 0 Å². The Labute approximate surface area is 134 Å². The van der Waals surface area contributed by atoms with E-state index in [2.05, 4.69) is 41.8 Å². The molecule has 0 fully saturated rings. The zero-order valence-electron chi connectivity index (χ0n) is 10.4. The number of rotatable bonds is 2. The molecule has 0 spiro atoms. The van der Waals surface area contributed by atoms with Crippen molar-refractivity contribution in [3.8, 4) is 22.5 Å². The second kappa shape index (κ2) is 5.85. The fourth-order valence-corrected chi connectivity index (χ4v) is 2.98. The summed E-state index contributed by atoms with van der Waals surface area (Å²) in [4.78, 5) is 8.98. The Morgan fingerprint density at radius 2 is 1.00 bits per heavy atom. The quantitative estimate of drug-likeness (QED) is 0.553. The molecule has 0 radical (unpaired) electrons. The topological polar surface area (TPSA) is 25.8 Å². The molecule has 0 unspecified atom stereocenters. The van der Waals surface area contributed by atoms with E-state index in [1.165, 1.54) is 0 Å². The van der Waals surface area contributed by atoms with E-state index in [0.29, 0.717) is 4.73 Å². The number of aromatic nitrogens is 2. The van der Waals surface area contributed by atoms with Gasteiger partial charge in [0.1, 0.15) is 0 Å². The molecule has 3 aromatic rings. The lowest BCUT2D eigenvalue weighted by Gasteiger charge is -2.09. The van der Waals surface area contributed by atoms with Crippen molar-refractivity contribution in [1.29, 1.82) is 0 Å². The highest BCUT2D eigenvalue weighted by Gasteiger charge is 2.14. The molecule has 0 aliphatic rings. The van der Waals surface area contributed by atoms with Crippen molar-refractivity contribution in [2.45, 2.75) is 0 Å². The van der Waals surface area contributed by atoms with E-state index >= 15 is 0 Å². The Kier molecular flexibility index (Phi) is 3.94. The summed E-state index contributed by atoms with van der Waals surface area (Å²) in [6.45, 7) is 0. The highest BCUT2D eigenvalue weighted by molar-refractivity contribution is 9.11. The van der Waals surface area contributed by atoms with E-state index in [0.717, 1.165) is 27.0 Å². The normalized spacial score (nSPS) is 10.5. The predicted octanol–water partition coefficient (Wildman–Crippen LogP) is 5.34. The zero-order chi connectivity index (χ0) is 13.9. The average Bonchev–Trinajstić information content (AvgIpc) is 2.51. The molecule has 0 atom stereocenters. The molecule has 0 bridgehead atoms. The molecule has 0 saturated carbocycles. The van der Waals surface area contributed by atoms with Crippen LogP contribution in [0.25, 0.3) is 22.5 Å². The summed E-state index contributed by atoms with van der Waals surface area (Å²) in [5.41, 5.74) is 3.87. The Morgan fingerprint density at radius 1 is 0.600 bits per heavy atom. The lowest BCUT2D eigenvalue weighted by molar-refractivity contribution is 1.11. The highest BCUT2D eigenvalue weighted by Crippen LogP contribution is 2.34. The molecule has 4 heteroatoms. The Balaban J connectivity index is 2.22. The minimum absolute atomic E-state index is 0.582. The van der Waals surface area contributed by atoms with Crippen LogP contribution in [0.2, 0.25) is 0 Å². The van der Waals surface area contributed by atoms with Gasteiger partial charge in [0.2, 0.25) is 0 Å². The summed E-state index contributed by atoms with van der Waals surface area (Å²) >= 11 is 7.04. The smallest absolute Gasteiger partial charge is 0.197 e. The molecule has 1 heterocycles. The first-order valence-electron chi connectivity index (χ1n) is 6.09. The summed E-state index contributed by atoms with van der Waals surface area (Å²) in [6.07, 6.45) is 0. The van der Waals surface area contributed by atoms with Crippen LogP contribution in [-0.4, -0.2) is 9.97 Å². The number of hydrogen-bond donors (Lipinski definition) is 0. The fourth-order valence-electron chi connectivity index (χ4n) is 1.99. The van der Waals surface area contributed by atoms with Crippen LogP contribution >= 0.6 is 31.9 Å². The standard InChI is InChI=1S/C16H10Br2N2/c17-13-14(11-7-3-1-4-8-11)19-16(18)20-15(13)12-9-5-2-6-10-12/h1-10H. The van der Waals surface area contributed by atoms with Crippen molar-refractivity contribution in [1.82, 2.24) is 9.97 Å². The Bertz CT molecular complexity index is 667. The third-order valence-electron chi connectivity index (χ3n) is 2.92. The van der Waals surface area contributed by atoms with E-state index in [1.54, 1.807) is 0 Å². The van der Waals surface area contributed by atoms with Crippen molar-refractivity contribution in [3.63, 3.8) is 0 Å². The minimum atomic E-state index is 0.582. The second-order valence-corrected chi connectivity index (χ2v) is 5.74. The first kappa shape index (κ1) is 13.5. The van der Waals surface area contributed by atoms with Crippen molar-refractivity contribution in [2.24, 2.45) is 0 Å². The predicted molar refractivity (Wildman–Crippen MR) is 88.3 cm³/mol. The zero-order valence-corrected chi connectivity index (χ0v) is 13.6. The maximum absolute atomic E-state index is 4.49. The van der Waals surface area contributed by atoms with Gasteiger partial charge in [-0.2, -0.15) is 0 Å². The molecule has 20 heavy (non-hydrogen) atoms. The van der Waals surface area contributed by atoms with E-state index in [-0.39, 0.29) is 0 Å². The van der Waals surface area contributed by atoms with Crippen LogP contribution in [-0.2, 0) is 0 Å². The molecule has 0 amide bonds. The van der Waals surface area contributed by atoms with Gasteiger partial charge in [0.15, 0.2) is 4.73 Å². The van der Waals surface area contributed by atoms with Crippen LogP contribution in [0.15, 0.2) is 69.9 Å². The molecular formula is C16H10Br2N2. The summed E-state index contributed by atoms with van der Waals surface area (Å²) in [6, 6.07) is 20.1. The van der Waals surface area contributed by atoms with Gasteiger partial charge in [-0.15, -0.1) is 0 Å². The summed E-state index contributed by atoms with van der Waals surface area (Å²) in [5.74, 6) is 0. The first-order chi connectivity index (χ1) is 9.75. The number of benzene rings is 2. The number of nitrogens with zero attached hydrogens (tertiary/aromatic N) is 2. The van der Waals surface area contributed by atoms with E-state index in [9.17, 15) is 0 Å². The van der Waals surface area contributed by atoms with Gasteiger partial charge in [-0.25, -0.2) is 9.97 Å². The molecule has 1 aromatic heterocycles. The van der Waals surface area contributed by atoms with Gasteiger partial charge in [-0.1, -0.05) is 60.7 Å². The number of hydrogen-bond acceptors (Lipinski definition) is 2. The van der Waals surface area contributed by atoms with Crippen LogP contribution in [0.5, 0.6) is 0 Å². The lowest BCUT2D eigenvalue weighted by atomic mass is 10.1. The van der Waals surface area contributed by atoms with Crippen molar-refractivity contribution in [3.05, 3.63) is 69.9 Å². The van der Waals surface area contributed by atoms with Gasteiger partial charge in [0, 0.05) is 11.1 Å². The summed E-state index contributed by atoms with van der Waals surface area (Å²) < 4.78 is 1.48. The third kappa shape index (κ3) is 2.67. The SMILES string of the molecule is Brc1nc(-c2ccccc2)c(Br)c(-c2ccccc2)n1. The van der Waals surface area contributed by atoms with E-state index in [1.807, 2.05) is 60.7 Å². The van der Waals surface area contributed by atoms with E-state index in [4.69, 9.17) is 0 Å². The fraction of sp³-hybridized carbons (Fsp3) is 0. The van der Waals surface area contributed by atoms with Crippen molar-refractivity contribution in [2.75, 3.05) is 0 Å². The minimum Gasteiger partial charge on any atom is -0.221 e. The lowest BCUT2D eigenvalue weighted by Crippen LogP contribution is -1.94. The molecule has 0 N–H and O–H groups in total. The third-order valence-corrected chi connectivity index (χ3v) is 4.02. The van der Waals surface area contributed by atoms with Crippen LogP contribution in [0.1, 0.15) is 0 Å². The molecule has 0 aliphatic carbocycles. The highest BCUT2D eigenvalue weighted by atomic mass is 79.9. The van der Waals surface area contributed by atoms with Gasteiger partial charge >= 0.3 is 0 Å². The summed E-state index contributed by atoms with van der Waals surface area (Å²) in [5, 5.41) is 0. The summed E-state index contributed by atoms with van der Waals surface area (Å²) in [7, 11) is 0.